The molecule has 1 aliphatic carbocycles. The van der Waals surface area contributed by atoms with Gasteiger partial charge in [0.2, 0.25) is 0 Å². The van der Waals surface area contributed by atoms with Crippen LogP contribution < -0.4 is 0 Å². The highest BCUT2D eigenvalue weighted by Gasteiger charge is 2.47. The van der Waals surface area contributed by atoms with Crippen molar-refractivity contribution in [2.75, 3.05) is 19.8 Å². The number of hydrogen-bond acceptors (Lipinski definition) is 4. The van der Waals surface area contributed by atoms with Gasteiger partial charge in [-0.25, -0.2) is 0 Å². The topological polar surface area (TPSA) is 36.9 Å². The first kappa shape index (κ1) is 17.1. The summed E-state index contributed by atoms with van der Waals surface area (Å²) in [4.78, 5) is 0. The van der Waals surface area contributed by atoms with Gasteiger partial charge < -0.3 is 17.7 Å². The van der Waals surface area contributed by atoms with Gasteiger partial charge in [0.15, 0.2) is 0 Å². The van der Waals surface area contributed by atoms with E-state index >= 15 is 0 Å². The van der Waals surface area contributed by atoms with Crippen LogP contribution in [0.4, 0.5) is 0 Å². The molecular weight excluding hydrogens is 260 g/mol. The van der Waals surface area contributed by atoms with E-state index in [1.165, 1.54) is 32.1 Å². The normalized spacial score (nSPS) is 19.6. The van der Waals surface area contributed by atoms with Crippen molar-refractivity contribution in [3.63, 3.8) is 0 Å². The maximum atomic E-state index is 6.17. The van der Waals surface area contributed by atoms with Gasteiger partial charge in [0.1, 0.15) is 0 Å². The van der Waals surface area contributed by atoms with Gasteiger partial charge in [0.05, 0.1) is 6.10 Å². The quantitative estimate of drug-likeness (QED) is 0.609. The standard InChI is InChI=1S/C14H30O4Si/c1-5-15-19(16-6-2,17-7-3)18-13(4)14-11-9-8-10-12-14/h13-14H,5-12H2,1-4H3/t13-/m1/s1. The Balaban J connectivity index is 2.62. The fourth-order valence-corrected chi connectivity index (χ4v) is 4.85. The van der Waals surface area contributed by atoms with E-state index in [9.17, 15) is 0 Å². The molecule has 0 unspecified atom stereocenters. The van der Waals surface area contributed by atoms with Gasteiger partial charge >= 0.3 is 9.05 Å². The second kappa shape index (κ2) is 9.08. The minimum Gasteiger partial charge on any atom is -0.351 e. The Bertz CT molecular complexity index is 214. The van der Waals surface area contributed by atoms with E-state index in [-0.39, 0.29) is 6.10 Å². The monoisotopic (exact) mass is 290 g/mol. The van der Waals surface area contributed by atoms with Crippen LogP contribution in [0, 0.1) is 5.92 Å². The molecule has 1 rings (SSSR count). The zero-order chi connectivity index (χ0) is 14.1. The van der Waals surface area contributed by atoms with Crippen LogP contribution >= 0.6 is 0 Å². The van der Waals surface area contributed by atoms with E-state index in [0.29, 0.717) is 25.7 Å². The fraction of sp³-hybridized carbons (Fsp3) is 1.00. The highest BCUT2D eigenvalue weighted by molar-refractivity contribution is 6.53. The van der Waals surface area contributed by atoms with Crippen LogP contribution in [0.25, 0.3) is 0 Å². The highest BCUT2D eigenvalue weighted by atomic mass is 28.4. The summed E-state index contributed by atoms with van der Waals surface area (Å²) >= 11 is 0. The van der Waals surface area contributed by atoms with E-state index in [1.807, 2.05) is 20.8 Å². The Morgan fingerprint density at radius 3 is 1.79 bits per heavy atom. The summed E-state index contributed by atoms with van der Waals surface area (Å²) in [5.41, 5.74) is 0. The van der Waals surface area contributed by atoms with Gasteiger partial charge in [-0.2, -0.15) is 0 Å². The van der Waals surface area contributed by atoms with Crippen molar-refractivity contribution in [1.82, 2.24) is 0 Å². The Kier molecular flexibility index (Phi) is 8.17. The molecule has 5 heteroatoms. The summed E-state index contributed by atoms with van der Waals surface area (Å²) in [6.45, 7) is 9.67. The van der Waals surface area contributed by atoms with Crippen molar-refractivity contribution in [3.8, 4) is 0 Å². The van der Waals surface area contributed by atoms with Gasteiger partial charge in [0, 0.05) is 19.8 Å². The minimum absolute atomic E-state index is 0.150. The summed E-state index contributed by atoms with van der Waals surface area (Å²) in [6, 6.07) is 0. The molecule has 1 aliphatic rings. The fourth-order valence-electron chi connectivity index (χ4n) is 2.68. The lowest BCUT2D eigenvalue weighted by atomic mass is 9.86. The third kappa shape index (κ3) is 5.51. The van der Waals surface area contributed by atoms with Crippen LogP contribution in [0.15, 0.2) is 0 Å². The SMILES string of the molecule is CCO[Si](OCC)(OCC)O[C@H](C)C1CCCCC1. The molecule has 0 N–H and O–H groups in total. The van der Waals surface area contributed by atoms with Crippen molar-refractivity contribution < 1.29 is 17.7 Å². The number of rotatable bonds is 9. The predicted octanol–water partition coefficient (Wildman–Crippen LogP) is 3.52. The molecule has 0 amide bonds. The molecule has 0 spiro atoms. The maximum absolute atomic E-state index is 6.17. The molecule has 1 atom stereocenters. The van der Waals surface area contributed by atoms with Crippen molar-refractivity contribution in [3.05, 3.63) is 0 Å². The first-order valence-electron chi connectivity index (χ1n) is 7.77. The Hall–Kier alpha value is 0.0569. The lowest BCUT2D eigenvalue weighted by molar-refractivity contribution is -0.0617. The predicted molar refractivity (Wildman–Crippen MR) is 77.8 cm³/mol. The molecule has 0 aromatic rings. The largest absolute Gasteiger partial charge is 0.679 e. The van der Waals surface area contributed by atoms with Gasteiger partial charge in [-0.1, -0.05) is 19.3 Å². The second-order valence-corrected chi connectivity index (χ2v) is 7.12. The Morgan fingerprint density at radius 2 is 1.37 bits per heavy atom. The summed E-state index contributed by atoms with van der Waals surface area (Å²) < 4.78 is 23.4. The Labute approximate surface area is 119 Å². The van der Waals surface area contributed by atoms with Crippen molar-refractivity contribution in [2.45, 2.75) is 65.9 Å². The summed E-state index contributed by atoms with van der Waals surface area (Å²) in [5.74, 6) is 0.613. The van der Waals surface area contributed by atoms with Crippen LogP contribution in [0.1, 0.15) is 59.8 Å². The molecular formula is C14H30O4Si. The molecule has 1 saturated carbocycles. The van der Waals surface area contributed by atoms with E-state index in [1.54, 1.807) is 0 Å². The highest BCUT2D eigenvalue weighted by Crippen LogP contribution is 2.30. The molecule has 1 fully saturated rings. The first-order valence-corrected chi connectivity index (χ1v) is 9.40. The minimum atomic E-state index is -2.94. The molecule has 4 nitrogen and oxygen atoms in total. The Morgan fingerprint density at radius 1 is 0.895 bits per heavy atom. The zero-order valence-corrected chi connectivity index (χ0v) is 13.9. The van der Waals surface area contributed by atoms with Crippen LogP contribution in [-0.4, -0.2) is 35.0 Å². The van der Waals surface area contributed by atoms with Crippen molar-refractivity contribution in [1.29, 1.82) is 0 Å². The van der Waals surface area contributed by atoms with E-state index in [2.05, 4.69) is 6.92 Å². The van der Waals surface area contributed by atoms with Crippen LogP contribution in [0.3, 0.4) is 0 Å². The lowest BCUT2D eigenvalue weighted by Gasteiger charge is -2.34. The van der Waals surface area contributed by atoms with E-state index in [0.717, 1.165) is 0 Å². The van der Waals surface area contributed by atoms with Gasteiger partial charge in [0.25, 0.3) is 0 Å². The summed E-state index contributed by atoms with van der Waals surface area (Å²) in [6.07, 6.45) is 6.62. The second-order valence-electron chi connectivity index (χ2n) is 5.02. The number of hydrogen-bond donors (Lipinski definition) is 0. The van der Waals surface area contributed by atoms with Crippen LogP contribution in [-0.2, 0) is 17.7 Å². The van der Waals surface area contributed by atoms with E-state index < -0.39 is 9.05 Å². The van der Waals surface area contributed by atoms with Crippen molar-refractivity contribution >= 4 is 9.05 Å². The molecule has 0 heterocycles. The van der Waals surface area contributed by atoms with Gasteiger partial charge in [-0.15, -0.1) is 0 Å². The molecule has 0 saturated heterocycles. The van der Waals surface area contributed by atoms with Gasteiger partial charge in [-0.3, -0.25) is 0 Å². The average molecular weight is 290 g/mol. The lowest BCUT2D eigenvalue weighted by Crippen LogP contribution is -2.52. The molecule has 19 heavy (non-hydrogen) atoms. The smallest absolute Gasteiger partial charge is 0.351 e. The molecule has 0 bridgehead atoms. The van der Waals surface area contributed by atoms with Gasteiger partial charge in [-0.05, 0) is 46.5 Å². The molecule has 0 aromatic heterocycles. The molecule has 0 aliphatic heterocycles. The molecule has 0 aromatic carbocycles. The zero-order valence-electron chi connectivity index (χ0n) is 12.9. The third-order valence-electron chi connectivity index (χ3n) is 3.61. The average Bonchev–Trinajstić information content (AvgIpc) is 2.40. The van der Waals surface area contributed by atoms with E-state index in [4.69, 9.17) is 17.7 Å². The summed E-state index contributed by atoms with van der Waals surface area (Å²) in [7, 11) is -2.94. The van der Waals surface area contributed by atoms with Crippen molar-refractivity contribution in [2.24, 2.45) is 5.92 Å². The molecule has 0 radical (unpaired) electrons. The maximum Gasteiger partial charge on any atom is 0.679 e. The van der Waals surface area contributed by atoms with Crippen LogP contribution in [0.5, 0.6) is 0 Å². The van der Waals surface area contributed by atoms with Crippen LogP contribution in [0.2, 0.25) is 0 Å². The first-order chi connectivity index (χ1) is 9.17. The third-order valence-corrected chi connectivity index (χ3v) is 6.19. The molecule has 114 valence electrons. The summed E-state index contributed by atoms with van der Waals surface area (Å²) in [5, 5.41) is 0.